The van der Waals surface area contributed by atoms with E-state index in [0.717, 1.165) is 11.4 Å². The maximum absolute atomic E-state index is 12.5. The van der Waals surface area contributed by atoms with E-state index >= 15 is 0 Å². The minimum absolute atomic E-state index is 0.0417. The molecule has 2 aromatic rings. The summed E-state index contributed by atoms with van der Waals surface area (Å²) in [6.45, 7) is 0.575. The summed E-state index contributed by atoms with van der Waals surface area (Å²) in [6, 6.07) is 12.0. The van der Waals surface area contributed by atoms with E-state index in [0.29, 0.717) is 28.6 Å². The first-order chi connectivity index (χ1) is 12.0. The Labute approximate surface area is 154 Å². The molecule has 2 atom stereocenters. The maximum atomic E-state index is 12.5. The number of halogens is 2. The molecule has 5 nitrogen and oxygen atoms in total. The molecule has 128 valence electrons. The number of para-hydroxylation sites is 2. The van der Waals surface area contributed by atoms with Crippen LogP contribution in [0.4, 0.5) is 11.4 Å². The lowest BCUT2D eigenvalue weighted by molar-refractivity contribution is -0.117. The van der Waals surface area contributed by atoms with E-state index in [-0.39, 0.29) is 23.9 Å². The highest BCUT2D eigenvalue weighted by molar-refractivity contribution is 6.36. The zero-order chi connectivity index (χ0) is 17.6. The number of nitrogens with one attached hydrogen (secondary N) is 2. The number of carbonyl (C=O) groups is 2. The second-order valence-electron chi connectivity index (χ2n) is 6.20. The van der Waals surface area contributed by atoms with Gasteiger partial charge in [-0.3, -0.25) is 9.59 Å². The average Bonchev–Trinajstić information content (AvgIpc) is 2.99. The predicted molar refractivity (Wildman–Crippen MR) is 98.5 cm³/mol. The number of carbonyl (C=O) groups excluding carboxylic acids is 2. The summed E-state index contributed by atoms with van der Waals surface area (Å²) in [5.41, 5.74) is 2.16. The average molecular weight is 376 g/mol. The van der Waals surface area contributed by atoms with Crippen molar-refractivity contribution in [3.63, 3.8) is 0 Å². The molecule has 7 heteroatoms. The number of rotatable bonds is 2. The largest absolute Gasteiger partial charge is 0.356 e. The van der Waals surface area contributed by atoms with E-state index in [1.54, 1.807) is 18.2 Å². The summed E-state index contributed by atoms with van der Waals surface area (Å²) in [6.07, 6.45) is 0.553. The summed E-state index contributed by atoms with van der Waals surface area (Å²) in [5, 5.41) is 6.69. The number of benzene rings is 2. The van der Waals surface area contributed by atoms with Gasteiger partial charge in [0.1, 0.15) is 6.04 Å². The van der Waals surface area contributed by atoms with Crippen LogP contribution >= 0.6 is 23.2 Å². The van der Waals surface area contributed by atoms with Crippen molar-refractivity contribution in [3.05, 3.63) is 58.1 Å². The van der Waals surface area contributed by atoms with Crippen LogP contribution in [0.3, 0.4) is 0 Å². The van der Waals surface area contributed by atoms with E-state index in [1.807, 2.05) is 29.2 Å². The van der Waals surface area contributed by atoms with Gasteiger partial charge in [-0.25, -0.2) is 0 Å². The lowest BCUT2D eigenvalue weighted by Gasteiger charge is -2.32. The molecule has 2 unspecified atom stereocenters. The van der Waals surface area contributed by atoms with E-state index < -0.39 is 0 Å². The van der Waals surface area contributed by atoms with Crippen LogP contribution in [0, 0.1) is 0 Å². The minimum atomic E-state index is -0.277. The van der Waals surface area contributed by atoms with Crippen LogP contribution in [0.25, 0.3) is 0 Å². The molecule has 2 heterocycles. The monoisotopic (exact) mass is 375 g/mol. The van der Waals surface area contributed by atoms with Crippen molar-refractivity contribution < 1.29 is 9.59 Å². The normalized spacial score (nSPS) is 21.4. The van der Waals surface area contributed by atoms with Gasteiger partial charge < -0.3 is 15.5 Å². The van der Waals surface area contributed by atoms with E-state index in [4.69, 9.17) is 23.2 Å². The lowest BCUT2D eigenvalue weighted by atomic mass is 10.1. The number of hydrogen-bond donors (Lipinski definition) is 2. The Morgan fingerprint density at radius 1 is 1.20 bits per heavy atom. The summed E-state index contributed by atoms with van der Waals surface area (Å²) in [4.78, 5) is 26.9. The van der Waals surface area contributed by atoms with Crippen LogP contribution in [0.5, 0.6) is 0 Å². The van der Waals surface area contributed by atoms with Crippen molar-refractivity contribution in [2.75, 3.05) is 16.8 Å². The van der Waals surface area contributed by atoms with E-state index in [1.165, 1.54) is 0 Å². The molecule has 0 aromatic heterocycles. The zero-order valence-corrected chi connectivity index (χ0v) is 14.6. The van der Waals surface area contributed by atoms with Gasteiger partial charge in [-0.2, -0.15) is 0 Å². The van der Waals surface area contributed by atoms with Gasteiger partial charge in [-0.1, -0.05) is 35.3 Å². The number of hydrogen-bond acceptors (Lipinski definition) is 3. The van der Waals surface area contributed by atoms with Gasteiger partial charge in [0.2, 0.25) is 5.91 Å². The molecule has 2 aromatic carbocycles. The number of fused-ring (bicyclic) bond motifs is 3. The van der Waals surface area contributed by atoms with Gasteiger partial charge in [-0.05, 0) is 36.8 Å². The third kappa shape index (κ3) is 2.94. The second-order valence-corrected chi connectivity index (χ2v) is 7.05. The third-order valence-corrected chi connectivity index (χ3v) is 5.13. The number of anilines is 2. The Bertz CT molecular complexity index is 871. The quantitative estimate of drug-likeness (QED) is 0.846. The smallest absolute Gasteiger partial charge is 0.253 e. The molecule has 25 heavy (non-hydrogen) atoms. The predicted octanol–water partition coefficient (Wildman–Crippen LogP) is 3.32. The molecule has 2 aliphatic rings. The van der Waals surface area contributed by atoms with Crippen molar-refractivity contribution >= 4 is 46.4 Å². The fourth-order valence-electron chi connectivity index (χ4n) is 3.44. The van der Waals surface area contributed by atoms with Gasteiger partial charge in [0.25, 0.3) is 5.91 Å². The highest BCUT2D eigenvalue weighted by Crippen LogP contribution is 2.36. The number of nitrogens with zero attached hydrogens (tertiary/aromatic N) is 1. The Balaban J connectivity index is 1.53. The molecule has 0 saturated carbocycles. The summed E-state index contributed by atoms with van der Waals surface area (Å²) in [5.74, 6) is -0.305. The Kier molecular flexibility index (Phi) is 4.06. The van der Waals surface area contributed by atoms with Gasteiger partial charge in [0, 0.05) is 17.6 Å². The van der Waals surface area contributed by atoms with Gasteiger partial charge in [-0.15, -0.1) is 0 Å². The molecule has 2 amide bonds. The summed E-state index contributed by atoms with van der Waals surface area (Å²) < 4.78 is 0. The Morgan fingerprint density at radius 3 is 2.80 bits per heavy atom. The topological polar surface area (TPSA) is 61.4 Å². The lowest BCUT2D eigenvalue weighted by Crippen LogP contribution is -2.44. The molecule has 2 aliphatic heterocycles. The fraction of sp³-hybridized carbons (Fsp3) is 0.222. The first-order valence-corrected chi connectivity index (χ1v) is 8.71. The van der Waals surface area contributed by atoms with Crippen molar-refractivity contribution in [2.24, 2.45) is 0 Å². The van der Waals surface area contributed by atoms with Crippen molar-refractivity contribution in [1.82, 2.24) is 5.32 Å². The zero-order valence-electron chi connectivity index (χ0n) is 13.1. The van der Waals surface area contributed by atoms with Crippen LogP contribution in [0.1, 0.15) is 16.8 Å². The van der Waals surface area contributed by atoms with Crippen LogP contribution in [0.15, 0.2) is 42.5 Å². The van der Waals surface area contributed by atoms with Crippen molar-refractivity contribution in [2.45, 2.75) is 18.5 Å². The van der Waals surface area contributed by atoms with Gasteiger partial charge in [0.15, 0.2) is 0 Å². The minimum Gasteiger partial charge on any atom is -0.356 e. The van der Waals surface area contributed by atoms with Crippen LogP contribution < -0.4 is 15.5 Å². The molecule has 0 spiro atoms. The first-order valence-electron chi connectivity index (χ1n) is 7.95. The molecular formula is C18H15Cl2N3O2. The molecule has 1 fully saturated rings. The highest BCUT2D eigenvalue weighted by Gasteiger charge is 2.41. The molecule has 4 rings (SSSR count). The van der Waals surface area contributed by atoms with E-state index in [9.17, 15) is 9.59 Å². The summed E-state index contributed by atoms with van der Waals surface area (Å²) >= 11 is 12.0. The van der Waals surface area contributed by atoms with Crippen molar-refractivity contribution in [3.8, 4) is 0 Å². The Hall–Kier alpha value is -2.24. The van der Waals surface area contributed by atoms with Crippen molar-refractivity contribution in [1.29, 1.82) is 0 Å². The first kappa shape index (κ1) is 16.2. The molecule has 1 saturated heterocycles. The molecule has 2 N–H and O–H groups in total. The number of amides is 2. The molecular weight excluding hydrogens is 361 g/mol. The standard InChI is InChI=1S/C18H15Cl2N3O2/c19-10-5-6-12(13(20)7-10)17(24)21-11-8-16-18(25)22-14-3-1-2-4-15(14)23(16)9-11/h1-7,11,16H,8-9H2,(H,21,24)(H,22,25). The third-order valence-electron chi connectivity index (χ3n) is 4.59. The molecule has 0 aliphatic carbocycles. The van der Waals surface area contributed by atoms with Crippen LogP contribution in [-0.2, 0) is 4.79 Å². The fourth-order valence-corrected chi connectivity index (χ4v) is 3.93. The molecule has 0 radical (unpaired) electrons. The Morgan fingerprint density at radius 2 is 2.00 bits per heavy atom. The SMILES string of the molecule is O=C(NC1CC2C(=O)Nc3ccccc3N2C1)c1ccc(Cl)cc1Cl. The van der Waals surface area contributed by atoms with Crippen LogP contribution in [-0.4, -0.2) is 30.4 Å². The summed E-state index contributed by atoms with van der Waals surface area (Å²) in [7, 11) is 0. The highest BCUT2D eigenvalue weighted by atomic mass is 35.5. The maximum Gasteiger partial charge on any atom is 0.253 e. The van der Waals surface area contributed by atoms with Crippen LogP contribution in [0.2, 0.25) is 10.0 Å². The van der Waals surface area contributed by atoms with E-state index in [2.05, 4.69) is 10.6 Å². The molecule has 0 bridgehead atoms. The second kappa shape index (κ2) is 6.24. The van der Waals surface area contributed by atoms with Gasteiger partial charge >= 0.3 is 0 Å². The van der Waals surface area contributed by atoms with Gasteiger partial charge in [0.05, 0.1) is 22.0 Å².